The van der Waals surface area contributed by atoms with Gasteiger partial charge in [0.1, 0.15) is 11.5 Å². The Morgan fingerprint density at radius 1 is 1.00 bits per heavy atom. The minimum absolute atomic E-state index is 0.630. The van der Waals surface area contributed by atoms with Crippen LogP contribution in [0.4, 0.5) is 0 Å². The van der Waals surface area contributed by atoms with Crippen LogP contribution in [0.3, 0.4) is 0 Å². The summed E-state index contributed by atoms with van der Waals surface area (Å²) in [5.74, 6) is 2.51. The maximum atomic E-state index is 5.57. The molecule has 0 amide bonds. The van der Waals surface area contributed by atoms with Crippen LogP contribution in [0.15, 0.2) is 35.0 Å². The molecule has 1 saturated heterocycles. The Balaban J connectivity index is 2.15. The molecule has 0 aromatic heterocycles. The van der Waals surface area contributed by atoms with E-state index in [0.29, 0.717) is 6.42 Å². The van der Waals surface area contributed by atoms with Crippen LogP contribution in [0.5, 0.6) is 0 Å². The van der Waals surface area contributed by atoms with Crippen LogP contribution in [-0.4, -0.2) is 59.0 Å². The highest BCUT2D eigenvalue weighted by atomic mass is 16.5. The number of methoxy groups -OCH3 is 3. The third-order valence-corrected chi connectivity index (χ3v) is 3.71. The standard InChI is InChI=1S/C15H24N2O3/c1-18-13-5-4-12(11-17-8-6-16-7-9-17)14(19-2)10-15(13)20-3/h4-5,16H,6-11H2,1-3H3. The van der Waals surface area contributed by atoms with E-state index in [1.54, 1.807) is 21.3 Å². The highest BCUT2D eigenvalue weighted by Crippen LogP contribution is 2.25. The topological polar surface area (TPSA) is 43.0 Å². The molecule has 5 nitrogen and oxygen atoms in total. The minimum Gasteiger partial charge on any atom is -0.500 e. The monoisotopic (exact) mass is 280 g/mol. The number of hydrogen-bond donors (Lipinski definition) is 1. The smallest absolute Gasteiger partial charge is 0.156 e. The minimum atomic E-state index is 0.630. The van der Waals surface area contributed by atoms with Crippen molar-refractivity contribution in [1.82, 2.24) is 10.2 Å². The first-order valence-corrected chi connectivity index (χ1v) is 6.96. The lowest BCUT2D eigenvalue weighted by Crippen LogP contribution is -2.44. The zero-order chi connectivity index (χ0) is 14.4. The Hall–Kier alpha value is -1.46. The van der Waals surface area contributed by atoms with E-state index in [4.69, 9.17) is 14.2 Å². The highest BCUT2D eigenvalue weighted by Gasteiger charge is 2.19. The van der Waals surface area contributed by atoms with E-state index in [1.807, 2.05) is 6.08 Å². The van der Waals surface area contributed by atoms with Gasteiger partial charge in [-0.1, -0.05) is 6.08 Å². The van der Waals surface area contributed by atoms with E-state index in [9.17, 15) is 0 Å². The second-order valence-electron chi connectivity index (χ2n) is 4.88. The molecule has 0 spiro atoms. The van der Waals surface area contributed by atoms with Gasteiger partial charge in [0, 0.05) is 38.3 Å². The van der Waals surface area contributed by atoms with Crippen molar-refractivity contribution in [3.8, 4) is 0 Å². The first-order chi connectivity index (χ1) is 9.78. The lowest BCUT2D eigenvalue weighted by molar-refractivity contribution is 0.203. The molecule has 20 heavy (non-hydrogen) atoms. The molecule has 1 fully saturated rings. The molecule has 2 aliphatic rings. The fourth-order valence-corrected chi connectivity index (χ4v) is 2.52. The maximum Gasteiger partial charge on any atom is 0.156 e. The lowest BCUT2D eigenvalue weighted by Gasteiger charge is -2.28. The van der Waals surface area contributed by atoms with Gasteiger partial charge >= 0.3 is 0 Å². The van der Waals surface area contributed by atoms with Crippen molar-refractivity contribution in [3.05, 3.63) is 35.0 Å². The van der Waals surface area contributed by atoms with E-state index in [-0.39, 0.29) is 0 Å². The average molecular weight is 280 g/mol. The quantitative estimate of drug-likeness (QED) is 0.821. The van der Waals surface area contributed by atoms with Gasteiger partial charge in [-0.25, -0.2) is 0 Å². The van der Waals surface area contributed by atoms with Crippen LogP contribution in [0.2, 0.25) is 0 Å². The van der Waals surface area contributed by atoms with Crippen LogP contribution in [0.1, 0.15) is 6.42 Å². The summed E-state index contributed by atoms with van der Waals surface area (Å²) in [6.07, 6.45) is 4.67. The van der Waals surface area contributed by atoms with E-state index < -0.39 is 0 Å². The van der Waals surface area contributed by atoms with Gasteiger partial charge in [0.05, 0.1) is 27.8 Å². The summed E-state index contributed by atoms with van der Waals surface area (Å²) < 4.78 is 16.3. The molecule has 0 bridgehead atoms. The van der Waals surface area contributed by atoms with Gasteiger partial charge in [-0.3, -0.25) is 4.90 Å². The molecule has 0 radical (unpaired) electrons. The summed E-state index contributed by atoms with van der Waals surface area (Å²) in [6.45, 7) is 5.12. The Labute approximate surface area is 120 Å². The summed E-state index contributed by atoms with van der Waals surface area (Å²) in [4.78, 5) is 2.43. The molecule has 5 heteroatoms. The Bertz CT molecular complexity index is 421. The van der Waals surface area contributed by atoms with E-state index in [0.717, 1.165) is 50.0 Å². The predicted octanol–water partition coefficient (Wildman–Crippen LogP) is 1.26. The van der Waals surface area contributed by atoms with Crippen molar-refractivity contribution in [3.63, 3.8) is 0 Å². The molecule has 0 aromatic carbocycles. The zero-order valence-corrected chi connectivity index (χ0v) is 12.6. The zero-order valence-electron chi connectivity index (χ0n) is 12.6. The fourth-order valence-electron chi connectivity index (χ4n) is 2.52. The molecule has 2 rings (SSSR count). The van der Waals surface area contributed by atoms with Crippen molar-refractivity contribution in [1.29, 1.82) is 0 Å². The molecule has 1 aliphatic heterocycles. The molecular formula is C15H24N2O3. The van der Waals surface area contributed by atoms with E-state index >= 15 is 0 Å². The Morgan fingerprint density at radius 2 is 1.70 bits per heavy atom. The van der Waals surface area contributed by atoms with Crippen molar-refractivity contribution < 1.29 is 14.2 Å². The van der Waals surface area contributed by atoms with Crippen LogP contribution >= 0.6 is 0 Å². The van der Waals surface area contributed by atoms with Gasteiger partial charge < -0.3 is 19.5 Å². The third kappa shape index (κ3) is 3.55. The van der Waals surface area contributed by atoms with Crippen LogP contribution in [-0.2, 0) is 14.2 Å². The van der Waals surface area contributed by atoms with Crippen molar-refractivity contribution in [2.75, 3.05) is 54.1 Å². The molecule has 0 aromatic rings. The molecule has 1 heterocycles. The SMILES string of the molecule is COC1=C(OC)CC(OC)=C(CN2CCNCC2)C=C1. The molecule has 0 saturated carbocycles. The van der Waals surface area contributed by atoms with Gasteiger partial charge in [0.25, 0.3) is 0 Å². The number of nitrogens with one attached hydrogen (secondary N) is 1. The number of rotatable bonds is 5. The normalized spacial score (nSPS) is 20.9. The molecule has 0 atom stereocenters. The summed E-state index contributed by atoms with van der Waals surface area (Å²) in [6, 6.07) is 0. The first kappa shape index (κ1) is 14.9. The predicted molar refractivity (Wildman–Crippen MR) is 78.1 cm³/mol. The second-order valence-corrected chi connectivity index (χ2v) is 4.88. The van der Waals surface area contributed by atoms with E-state index in [2.05, 4.69) is 16.3 Å². The lowest BCUT2D eigenvalue weighted by atomic mass is 10.1. The largest absolute Gasteiger partial charge is 0.500 e. The third-order valence-electron chi connectivity index (χ3n) is 3.71. The highest BCUT2D eigenvalue weighted by molar-refractivity contribution is 5.35. The average Bonchev–Trinajstić information content (AvgIpc) is 2.67. The number of piperazine rings is 1. The molecule has 1 N–H and O–H groups in total. The van der Waals surface area contributed by atoms with Gasteiger partial charge in [-0.05, 0) is 6.08 Å². The molecule has 0 unspecified atom stereocenters. The Kier molecular flexibility index (Phi) is 5.49. The number of allylic oxidation sites excluding steroid dienone is 1. The van der Waals surface area contributed by atoms with Crippen LogP contribution in [0, 0.1) is 0 Å². The van der Waals surface area contributed by atoms with Gasteiger partial charge in [-0.2, -0.15) is 0 Å². The number of ether oxygens (including phenoxy) is 3. The number of hydrogen-bond acceptors (Lipinski definition) is 5. The van der Waals surface area contributed by atoms with Crippen LogP contribution in [0.25, 0.3) is 0 Å². The molecule has 1 aliphatic carbocycles. The van der Waals surface area contributed by atoms with E-state index in [1.165, 1.54) is 5.57 Å². The second kappa shape index (κ2) is 7.36. The summed E-state index contributed by atoms with van der Waals surface area (Å²) >= 11 is 0. The number of nitrogens with zero attached hydrogens (tertiary/aromatic N) is 1. The van der Waals surface area contributed by atoms with Crippen molar-refractivity contribution in [2.45, 2.75) is 6.42 Å². The fraction of sp³-hybridized carbons (Fsp3) is 0.600. The Morgan fingerprint density at radius 3 is 2.30 bits per heavy atom. The maximum absolute atomic E-state index is 5.57. The summed E-state index contributed by atoms with van der Waals surface area (Å²) in [5, 5.41) is 3.37. The first-order valence-electron chi connectivity index (χ1n) is 6.96. The molecular weight excluding hydrogens is 256 g/mol. The summed E-state index contributed by atoms with van der Waals surface area (Å²) in [5.41, 5.74) is 1.19. The summed E-state index contributed by atoms with van der Waals surface area (Å²) in [7, 11) is 5.04. The van der Waals surface area contributed by atoms with Crippen molar-refractivity contribution in [2.24, 2.45) is 0 Å². The van der Waals surface area contributed by atoms with Crippen LogP contribution < -0.4 is 5.32 Å². The van der Waals surface area contributed by atoms with Gasteiger partial charge in [0.2, 0.25) is 0 Å². The molecule has 112 valence electrons. The van der Waals surface area contributed by atoms with Crippen molar-refractivity contribution >= 4 is 0 Å². The van der Waals surface area contributed by atoms with Gasteiger partial charge in [-0.15, -0.1) is 0 Å². The van der Waals surface area contributed by atoms with Gasteiger partial charge in [0.15, 0.2) is 5.76 Å².